The summed E-state index contributed by atoms with van der Waals surface area (Å²) < 4.78 is 31.7. The van der Waals surface area contributed by atoms with Gasteiger partial charge in [0.05, 0.1) is 22.9 Å². The third kappa shape index (κ3) is 5.51. The van der Waals surface area contributed by atoms with Gasteiger partial charge in [0.25, 0.3) is 0 Å². The van der Waals surface area contributed by atoms with Gasteiger partial charge in [-0.1, -0.05) is 18.6 Å². The molecule has 266 valence electrons. The summed E-state index contributed by atoms with van der Waals surface area (Å²) in [6.45, 7) is 4.29. The molecule has 3 aliphatic heterocycles. The number of nitrogens with one attached hydrogen (secondary N) is 2. The standard InChI is InChI=1S/C21H27NO4.C17H25N3O2S/c23-14-5-4-13-10-16-21(25)7-6-15(24)19-20(21,17(13)18(14)26-19)8-9-22(16)11-12-2-1-3-12;1-18-23(21,22)10-7-13-3-4-17-15(11-13)16(12-19-17)14-5-8-20(2)9-6-14/h4-5,12,15-16,19,23-25H,1-3,6-11H2;3-4,11-12,14,18-19H,5-10H2,1-2H3/t15-,16+,19-,20-,21+;/m0./s1. The molecule has 0 unspecified atom stereocenters. The molecular formula is C38H52N4O6S. The molecule has 2 bridgehead atoms. The van der Waals surface area contributed by atoms with Crippen molar-refractivity contribution in [3.05, 3.63) is 58.8 Å². The Bertz CT molecular complexity index is 1820. The van der Waals surface area contributed by atoms with E-state index in [2.05, 4.69) is 44.9 Å². The van der Waals surface area contributed by atoms with Crippen LogP contribution in [0.3, 0.4) is 0 Å². The number of H-pyrrole nitrogens is 1. The van der Waals surface area contributed by atoms with Crippen LogP contribution in [0.5, 0.6) is 11.5 Å². The molecule has 0 radical (unpaired) electrons. The molecule has 6 aliphatic rings. The first kappa shape index (κ1) is 33.5. The zero-order valence-electron chi connectivity index (χ0n) is 28.8. The Labute approximate surface area is 289 Å². The number of nitrogens with zero attached hydrogens (tertiary/aromatic N) is 2. The lowest BCUT2D eigenvalue weighted by Gasteiger charge is -2.64. The number of aromatic amines is 1. The van der Waals surface area contributed by atoms with Gasteiger partial charge in [-0.15, -0.1) is 0 Å². The monoisotopic (exact) mass is 692 g/mol. The number of hydrogen-bond donors (Lipinski definition) is 5. The van der Waals surface area contributed by atoms with Crippen LogP contribution in [0.25, 0.3) is 10.9 Å². The molecule has 3 aromatic rings. The second-order valence-electron chi connectivity index (χ2n) is 15.7. The van der Waals surface area contributed by atoms with Crippen LogP contribution >= 0.6 is 0 Å². The van der Waals surface area contributed by atoms with Crippen molar-refractivity contribution in [3.8, 4) is 11.5 Å². The summed E-state index contributed by atoms with van der Waals surface area (Å²) in [5.41, 5.74) is 4.30. The van der Waals surface area contributed by atoms with Gasteiger partial charge in [0.1, 0.15) is 6.10 Å². The zero-order chi connectivity index (χ0) is 34.1. The molecule has 10 nitrogen and oxygen atoms in total. The van der Waals surface area contributed by atoms with Crippen LogP contribution < -0.4 is 9.46 Å². The van der Waals surface area contributed by atoms with E-state index in [1.807, 2.05) is 12.1 Å². The Morgan fingerprint density at radius 3 is 2.59 bits per heavy atom. The van der Waals surface area contributed by atoms with Gasteiger partial charge < -0.3 is 29.9 Å². The second kappa shape index (κ2) is 12.5. The molecule has 5 N–H and O–H groups in total. The Morgan fingerprint density at radius 2 is 1.86 bits per heavy atom. The Kier molecular flexibility index (Phi) is 8.56. The molecule has 2 saturated heterocycles. The number of piperidine rings is 2. The third-order valence-electron chi connectivity index (χ3n) is 13.2. The van der Waals surface area contributed by atoms with Crippen LogP contribution in [0.4, 0.5) is 0 Å². The first-order valence-electron chi connectivity index (χ1n) is 18.4. The SMILES string of the molecule is CNS(=O)(=O)CCc1ccc2[nH]cc(C3CCN(C)CC3)c2c1.Oc1ccc2c3c1O[C@H]1[C@@H](O)CC[C@@]4(O)[C@@H](C2)N(CC2CCC2)CC[C@]314. The number of rotatable bonds is 7. The van der Waals surface area contributed by atoms with Crippen molar-refractivity contribution in [3.63, 3.8) is 0 Å². The second-order valence-corrected chi connectivity index (χ2v) is 17.8. The van der Waals surface area contributed by atoms with E-state index in [9.17, 15) is 23.7 Å². The number of aryl methyl sites for hydroxylation is 1. The number of ether oxygens (including phenoxy) is 1. The first-order chi connectivity index (χ1) is 23.5. The zero-order valence-corrected chi connectivity index (χ0v) is 29.6. The van der Waals surface area contributed by atoms with Gasteiger partial charge in [-0.3, -0.25) is 4.90 Å². The minimum atomic E-state index is -3.16. The highest BCUT2D eigenvalue weighted by atomic mass is 32.2. The molecule has 0 amide bonds. The van der Waals surface area contributed by atoms with E-state index in [4.69, 9.17) is 4.74 Å². The smallest absolute Gasteiger partial charge is 0.211 e. The summed E-state index contributed by atoms with van der Waals surface area (Å²) in [7, 11) is 0.476. The van der Waals surface area contributed by atoms with Gasteiger partial charge in [-0.25, -0.2) is 13.1 Å². The van der Waals surface area contributed by atoms with E-state index in [1.165, 1.54) is 55.7 Å². The minimum Gasteiger partial charge on any atom is -0.504 e. The van der Waals surface area contributed by atoms with Crippen LogP contribution in [0, 0.1) is 5.92 Å². The fraction of sp³-hybridized carbons (Fsp3) is 0.632. The van der Waals surface area contributed by atoms with Crippen molar-refractivity contribution in [2.75, 3.05) is 46.0 Å². The average molecular weight is 693 g/mol. The normalized spacial score (nSPS) is 31.5. The number of fused-ring (bicyclic) bond motifs is 1. The summed E-state index contributed by atoms with van der Waals surface area (Å²) in [4.78, 5) is 8.26. The average Bonchev–Trinajstić information content (AvgIpc) is 3.66. The number of sulfonamides is 1. The number of phenols is 1. The van der Waals surface area contributed by atoms with Crippen LogP contribution in [-0.2, 0) is 28.3 Å². The third-order valence-corrected chi connectivity index (χ3v) is 14.5. The minimum absolute atomic E-state index is 0.0819. The van der Waals surface area contributed by atoms with Gasteiger partial charge in [0.15, 0.2) is 11.5 Å². The number of aliphatic hydroxyl groups excluding tert-OH is 1. The van der Waals surface area contributed by atoms with E-state index in [1.54, 1.807) is 6.07 Å². The lowest BCUT2D eigenvalue weighted by Crippen LogP contribution is -2.77. The van der Waals surface area contributed by atoms with Crippen LogP contribution in [0.1, 0.15) is 79.5 Å². The van der Waals surface area contributed by atoms with Crippen molar-refractivity contribution in [1.29, 1.82) is 0 Å². The molecule has 11 heteroatoms. The molecular weight excluding hydrogens is 641 g/mol. The van der Waals surface area contributed by atoms with Gasteiger partial charge in [-0.2, -0.15) is 0 Å². The van der Waals surface area contributed by atoms with E-state index in [0.717, 1.165) is 61.6 Å². The number of aliphatic hydroxyl groups is 2. The number of benzene rings is 2. The lowest BCUT2D eigenvalue weighted by atomic mass is 9.48. The number of aromatic nitrogens is 1. The van der Waals surface area contributed by atoms with Crippen molar-refractivity contribution < 1.29 is 28.5 Å². The van der Waals surface area contributed by atoms with E-state index in [0.29, 0.717) is 30.9 Å². The first-order valence-corrected chi connectivity index (χ1v) is 20.0. The van der Waals surface area contributed by atoms with Gasteiger partial charge in [0, 0.05) is 35.2 Å². The molecule has 1 spiro atoms. The predicted octanol–water partition coefficient (Wildman–Crippen LogP) is 3.78. The molecule has 3 aliphatic carbocycles. The highest BCUT2D eigenvalue weighted by Crippen LogP contribution is 2.65. The summed E-state index contributed by atoms with van der Waals surface area (Å²) in [6.07, 6.45) is 10.7. The topological polar surface area (TPSA) is 138 Å². The van der Waals surface area contributed by atoms with Crippen LogP contribution in [0.15, 0.2) is 36.5 Å². The number of hydrogen-bond acceptors (Lipinski definition) is 8. The van der Waals surface area contributed by atoms with E-state index >= 15 is 0 Å². The fourth-order valence-corrected chi connectivity index (χ4v) is 10.9. The molecule has 4 fully saturated rings. The maximum absolute atomic E-state index is 12.1. The van der Waals surface area contributed by atoms with E-state index in [-0.39, 0.29) is 17.5 Å². The summed E-state index contributed by atoms with van der Waals surface area (Å²) in [5.74, 6) is 2.14. The van der Waals surface area contributed by atoms with Crippen molar-refractivity contribution in [2.45, 2.75) is 99.4 Å². The summed E-state index contributed by atoms with van der Waals surface area (Å²) >= 11 is 0. The Balaban J connectivity index is 0.000000144. The molecule has 49 heavy (non-hydrogen) atoms. The molecule has 1 aromatic heterocycles. The van der Waals surface area contributed by atoms with Gasteiger partial charge >= 0.3 is 0 Å². The highest BCUT2D eigenvalue weighted by Gasteiger charge is 2.72. The molecule has 9 rings (SSSR count). The highest BCUT2D eigenvalue weighted by molar-refractivity contribution is 7.89. The van der Waals surface area contributed by atoms with E-state index < -0.39 is 33.2 Å². The lowest BCUT2D eigenvalue weighted by molar-refractivity contribution is -0.209. The predicted molar refractivity (Wildman–Crippen MR) is 190 cm³/mol. The van der Waals surface area contributed by atoms with Crippen LogP contribution in [-0.4, -0.2) is 108 Å². The summed E-state index contributed by atoms with van der Waals surface area (Å²) in [5, 5.41) is 34.4. The molecule has 2 saturated carbocycles. The maximum atomic E-state index is 12.1. The molecule has 4 heterocycles. The number of aromatic hydroxyl groups is 1. The molecule has 2 aromatic carbocycles. The van der Waals surface area contributed by atoms with Crippen molar-refractivity contribution >= 4 is 20.9 Å². The number of likely N-dealkylation sites (tertiary alicyclic amines) is 2. The molecule has 5 atom stereocenters. The Morgan fingerprint density at radius 1 is 1.06 bits per heavy atom. The quantitative estimate of drug-likeness (QED) is 0.253. The largest absolute Gasteiger partial charge is 0.504 e. The van der Waals surface area contributed by atoms with Crippen LogP contribution in [0.2, 0.25) is 0 Å². The summed E-state index contributed by atoms with van der Waals surface area (Å²) in [6, 6.07) is 10.0. The van der Waals surface area contributed by atoms with Gasteiger partial charge in [0.2, 0.25) is 10.0 Å². The maximum Gasteiger partial charge on any atom is 0.211 e. The van der Waals surface area contributed by atoms with Gasteiger partial charge in [-0.05, 0) is 138 Å². The Hall–Kier alpha value is -2.67. The fourth-order valence-electron chi connectivity index (χ4n) is 10.2. The van der Waals surface area contributed by atoms with Crippen molar-refractivity contribution in [1.82, 2.24) is 19.5 Å². The van der Waals surface area contributed by atoms with Crippen molar-refractivity contribution in [2.24, 2.45) is 5.92 Å². The number of phenolic OH excluding ortho intramolecular Hbond substituents is 1.